The lowest BCUT2D eigenvalue weighted by Gasteiger charge is -2.35. The fourth-order valence-electron chi connectivity index (χ4n) is 1.94. The highest BCUT2D eigenvalue weighted by Crippen LogP contribution is 2.16. The van der Waals surface area contributed by atoms with Gasteiger partial charge in [0.05, 0.1) is 23.7 Å². The molecular weight excluding hydrogens is 246 g/mol. The summed E-state index contributed by atoms with van der Waals surface area (Å²) in [5.74, 6) is -1.45. The molecule has 6 nitrogen and oxygen atoms in total. The molecule has 98 valence electrons. The minimum Gasteiger partial charge on any atom is -0.481 e. The van der Waals surface area contributed by atoms with Crippen molar-refractivity contribution in [3.8, 4) is 6.07 Å². The van der Waals surface area contributed by atoms with E-state index in [1.165, 1.54) is 0 Å². The predicted molar refractivity (Wildman–Crippen MR) is 67.4 cm³/mol. The molecule has 1 amide bonds. The first-order valence-corrected chi connectivity index (χ1v) is 5.84. The summed E-state index contributed by atoms with van der Waals surface area (Å²) in [6.07, 6.45) is 0. The van der Waals surface area contributed by atoms with Crippen LogP contribution >= 0.6 is 0 Å². The van der Waals surface area contributed by atoms with Gasteiger partial charge in [-0.25, -0.2) is 0 Å². The third-order valence-electron chi connectivity index (χ3n) is 3.00. The minimum absolute atomic E-state index is 0.142. The van der Waals surface area contributed by atoms with Crippen molar-refractivity contribution in [2.45, 2.75) is 0 Å². The zero-order valence-electron chi connectivity index (χ0n) is 10.2. The first-order valence-electron chi connectivity index (χ1n) is 5.84. The summed E-state index contributed by atoms with van der Waals surface area (Å²) in [5.41, 5.74) is 0.883. The lowest BCUT2D eigenvalue weighted by molar-refractivity contribution is -0.148. The minimum atomic E-state index is -0.827. The molecule has 0 bridgehead atoms. The van der Waals surface area contributed by atoms with E-state index in [-0.39, 0.29) is 18.4 Å². The highest BCUT2D eigenvalue weighted by atomic mass is 16.4. The quantitative estimate of drug-likeness (QED) is 0.821. The van der Waals surface area contributed by atoms with Crippen molar-refractivity contribution in [1.29, 1.82) is 5.26 Å². The summed E-state index contributed by atoms with van der Waals surface area (Å²) in [5, 5.41) is 20.3. The number of carbonyl (C=O) groups is 2. The van der Waals surface area contributed by atoms with Crippen LogP contribution in [0.25, 0.3) is 0 Å². The molecule has 1 heterocycles. The fourth-order valence-corrected chi connectivity index (χ4v) is 1.94. The number of rotatable bonds is 4. The van der Waals surface area contributed by atoms with Crippen LogP contribution in [0.3, 0.4) is 0 Å². The first kappa shape index (κ1) is 13.1. The van der Waals surface area contributed by atoms with E-state index in [1.807, 2.05) is 6.07 Å². The monoisotopic (exact) mass is 259 g/mol. The smallest absolute Gasteiger partial charge is 0.309 e. The number of nitriles is 1. The van der Waals surface area contributed by atoms with Gasteiger partial charge in [0.1, 0.15) is 6.07 Å². The van der Waals surface area contributed by atoms with E-state index in [0.717, 1.165) is 0 Å². The molecule has 6 heteroatoms. The van der Waals surface area contributed by atoms with Gasteiger partial charge in [-0.05, 0) is 12.1 Å². The van der Waals surface area contributed by atoms with Gasteiger partial charge in [0, 0.05) is 13.1 Å². The second-order valence-electron chi connectivity index (χ2n) is 4.43. The second-order valence-corrected chi connectivity index (χ2v) is 4.43. The summed E-state index contributed by atoms with van der Waals surface area (Å²) in [6.45, 7) is 0.925. The maximum atomic E-state index is 11.8. The number of carboxylic acid groups (broad SMARTS) is 1. The third-order valence-corrected chi connectivity index (χ3v) is 3.00. The number of benzene rings is 1. The largest absolute Gasteiger partial charge is 0.481 e. The van der Waals surface area contributed by atoms with E-state index in [1.54, 1.807) is 29.2 Å². The number of hydrogen-bond donors (Lipinski definition) is 2. The Hall–Kier alpha value is -2.39. The van der Waals surface area contributed by atoms with E-state index in [2.05, 4.69) is 5.32 Å². The van der Waals surface area contributed by atoms with E-state index in [0.29, 0.717) is 24.3 Å². The molecule has 1 aromatic rings. The van der Waals surface area contributed by atoms with Gasteiger partial charge >= 0.3 is 5.97 Å². The van der Waals surface area contributed by atoms with E-state index < -0.39 is 5.97 Å². The topological polar surface area (TPSA) is 93.4 Å². The van der Waals surface area contributed by atoms with Crippen LogP contribution in [-0.4, -0.2) is 41.5 Å². The molecule has 2 rings (SSSR count). The number of nitrogens with one attached hydrogen (secondary N) is 1. The molecule has 1 saturated heterocycles. The molecule has 0 saturated carbocycles. The van der Waals surface area contributed by atoms with E-state index in [9.17, 15) is 9.59 Å². The van der Waals surface area contributed by atoms with Gasteiger partial charge in [-0.15, -0.1) is 0 Å². The number of hydrogen-bond acceptors (Lipinski definition) is 4. The van der Waals surface area contributed by atoms with Crippen molar-refractivity contribution in [1.82, 2.24) is 4.90 Å². The number of aliphatic carboxylic acids is 1. The Morgan fingerprint density at radius 3 is 2.74 bits per heavy atom. The summed E-state index contributed by atoms with van der Waals surface area (Å²) >= 11 is 0. The van der Waals surface area contributed by atoms with E-state index >= 15 is 0 Å². The molecule has 19 heavy (non-hydrogen) atoms. The van der Waals surface area contributed by atoms with Crippen molar-refractivity contribution >= 4 is 17.6 Å². The predicted octanol–water partition coefficient (Wildman–Crippen LogP) is 0.513. The van der Waals surface area contributed by atoms with Gasteiger partial charge in [-0.3, -0.25) is 14.5 Å². The Balaban J connectivity index is 1.86. The molecular formula is C13H13N3O3. The van der Waals surface area contributed by atoms with Crippen molar-refractivity contribution in [2.75, 3.05) is 25.0 Å². The fraction of sp³-hybridized carbons (Fsp3) is 0.308. The molecule has 0 aliphatic carbocycles. The van der Waals surface area contributed by atoms with Crippen LogP contribution in [-0.2, 0) is 9.59 Å². The molecule has 1 fully saturated rings. The average Bonchev–Trinajstić information content (AvgIpc) is 2.33. The number of anilines is 1. The van der Waals surface area contributed by atoms with Crippen LogP contribution in [0.15, 0.2) is 24.3 Å². The Morgan fingerprint density at radius 1 is 1.42 bits per heavy atom. The molecule has 0 spiro atoms. The van der Waals surface area contributed by atoms with Gasteiger partial charge in [-0.2, -0.15) is 5.26 Å². The van der Waals surface area contributed by atoms with Gasteiger partial charge in [0.25, 0.3) is 0 Å². The molecule has 1 aliphatic heterocycles. The van der Waals surface area contributed by atoms with Crippen molar-refractivity contribution in [3.63, 3.8) is 0 Å². The molecule has 2 N–H and O–H groups in total. The standard InChI is InChI=1S/C13H13N3O3/c14-5-9-3-1-2-4-11(9)15-12(17)8-16-6-10(7-16)13(18)19/h1-4,10H,6-8H2,(H,15,17)(H,18,19). The molecule has 0 aromatic heterocycles. The van der Waals surface area contributed by atoms with Gasteiger partial charge < -0.3 is 10.4 Å². The van der Waals surface area contributed by atoms with Crippen LogP contribution in [0.5, 0.6) is 0 Å². The zero-order valence-corrected chi connectivity index (χ0v) is 10.2. The lowest BCUT2D eigenvalue weighted by atomic mass is 10.0. The SMILES string of the molecule is N#Cc1ccccc1NC(=O)CN1CC(C(=O)O)C1. The highest BCUT2D eigenvalue weighted by Gasteiger charge is 2.33. The summed E-state index contributed by atoms with van der Waals surface area (Å²) in [4.78, 5) is 24.1. The van der Waals surface area contributed by atoms with Gasteiger partial charge in [0.2, 0.25) is 5.91 Å². The van der Waals surface area contributed by atoms with Gasteiger partial charge in [-0.1, -0.05) is 12.1 Å². The highest BCUT2D eigenvalue weighted by molar-refractivity contribution is 5.93. The number of likely N-dealkylation sites (tertiary alicyclic amines) is 1. The number of para-hydroxylation sites is 1. The molecule has 1 aliphatic rings. The average molecular weight is 259 g/mol. The van der Waals surface area contributed by atoms with Crippen LogP contribution in [0, 0.1) is 17.2 Å². The third kappa shape index (κ3) is 3.09. The molecule has 0 radical (unpaired) electrons. The lowest BCUT2D eigenvalue weighted by Crippen LogP contribution is -2.52. The van der Waals surface area contributed by atoms with Crippen LogP contribution < -0.4 is 5.32 Å². The van der Waals surface area contributed by atoms with Crippen molar-refractivity contribution < 1.29 is 14.7 Å². The van der Waals surface area contributed by atoms with Crippen molar-refractivity contribution in [2.24, 2.45) is 5.92 Å². The number of nitrogens with zero attached hydrogens (tertiary/aromatic N) is 2. The summed E-state index contributed by atoms with van der Waals surface area (Å²) in [7, 11) is 0. The molecule has 0 unspecified atom stereocenters. The normalized spacial score (nSPS) is 15.3. The van der Waals surface area contributed by atoms with E-state index in [4.69, 9.17) is 10.4 Å². The number of carbonyl (C=O) groups excluding carboxylic acids is 1. The second kappa shape index (κ2) is 5.50. The van der Waals surface area contributed by atoms with Crippen molar-refractivity contribution in [3.05, 3.63) is 29.8 Å². The zero-order chi connectivity index (χ0) is 13.8. The van der Waals surface area contributed by atoms with Crippen LogP contribution in [0.2, 0.25) is 0 Å². The summed E-state index contributed by atoms with van der Waals surface area (Å²) < 4.78 is 0. The Morgan fingerprint density at radius 2 is 2.11 bits per heavy atom. The number of amides is 1. The van der Waals surface area contributed by atoms with Crippen LogP contribution in [0.4, 0.5) is 5.69 Å². The Labute approximate surface area is 110 Å². The molecule has 1 aromatic carbocycles. The maximum Gasteiger partial charge on any atom is 0.309 e. The van der Waals surface area contributed by atoms with Crippen LogP contribution in [0.1, 0.15) is 5.56 Å². The Bertz CT molecular complexity index is 544. The van der Waals surface area contributed by atoms with Gasteiger partial charge in [0.15, 0.2) is 0 Å². The number of carboxylic acids is 1. The first-order chi connectivity index (χ1) is 9.10. The Kier molecular flexibility index (Phi) is 3.78. The summed E-state index contributed by atoms with van der Waals surface area (Å²) in [6, 6.07) is 8.74. The maximum absolute atomic E-state index is 11.8. The molecule has 0 atom stereocenters.